The van der Waals surface area contributed by atoms with E-state index in [1.54, 1.807) is 20.5 Å². The summed E-state index contributed by atoms with van der Waals surface area (Å²) < 4.78 is 10.6. The molecule has 3 aromatic rings. The van der Waals surface area contributed by atoms with E-state index in [4.69, 9.17) is 9.47 Å². The maximum absolute atomic E-state index is 5.36. The number of ether oxygens (including phenoxy) is 2. The van der Waals surface area contributed by atoms with Gasteiger partial charge in [0.15, 0.2) is 11.5 Å². The first-order valence-corrected chi connectivity index (χ1v) is 9.56. The average Bonchev–Trinajstić information content (AvgIpc) is 2.78. The van der Waals surface area contributed by atoms with Crippen LogP contribution in [0.2, 0.25) is 0 Å². The van der Waals surface area contributed by atoms with Crippen LogP contribution in [-0.2, 0) is 12.8 Å². The van der Waals surface area contributed by atoms with E-state index in [0.717, 1.165) is 49.1 Å². The number of hydrogen-bond donors (Lipinski definition) is 1. The molecule has 29 heavy (non-hydrogen) atoms. The summed E-state index contributed by atoms with van der Waals surface area (Å²) in [6.07, 6.45) is 7.01. The molecule has 0 amide bonds. The third-order valence-corrected chi connectivity index (χ3v) is 4.70. The zero-order chi connectivity index (χ0) is 20.5. The van der Waals surface area contributed by atoms with E-state index in [-0.39, 0.29) is 0 Å². The van der Waals surface area contributed by atoms with Gasteiger partial charge in [0.25, 0.3) is 0 Å². The molecule has 1 N–H and O–H groups in total. The van der Waals surface area contributed by atoms with Crippen LogP contribution < -0.4 is 19.7 Å². The normalized spacial score (nSPS) is 10.4. The summed E-state index contributed by atoms with van der Waals surface area (Å²) in [5.41, 5.74) is 2.42. The van der Waals surface area contributed by atoms with Crippen LogP contribution in [0.3, 0.4) is 0 Å². The summed E-state index contributed by atoms with van der Waals surface area (Å²) in [5.74, 6) is 3.18. The minimum absolute atomic E-state index is 0.736. The predicted molar refractivity (Wildman–Crippen MR) is 115 cm³/mol. The van der Waals surface area contributed by atoms with E-state index in [1.165, 1.54) is 11.1 Å². The number of methoxy groups -OCH3 is 2. The van der Waals surface area contributed by atoms with Gasteiger partial charge in [0, 0.05) is 38.6 Å². The van der Waals surface area contributed by atoms with Crippen LogP contribution in [0.1, 0.15) is 11.1 Å². The maximum atomic E-state index is 5.36. The van der Waals surface area contributed by atoms with Gasteiger partial charge in [-0.15, -0.1) is 0 Å². The van der Waals surface area contributed by atoms with Crippen molar-refractivity contribution in [2.24, 2.45) is 0 Å². The van der Waals surface area contributed by atoms with Crippen molar-refractivity contribution < 1.29 is 9.47 Å². The lowest BCUT2D eigenvalue weighted by atomic mass is 10.1. The van der Waals surface area contributed by atoms with E-state index in [1.807, 2.05) is 55.8 Å². The third-order valence-electron chi connectivity index (χ3n) is 4.70. The van der Waals surface area contributed by atoms with Crippen molar-refractivity contribution in [1.29, 1.82) is 0 Å². The molecule has 0 spiro atoms. The molecule has 0 radical (unpaired) electrons. The minimum atomic E-state index is 0.736. The van der Waals surface area contributed by atoms with Crippen LogP contribution in [0.4, 0.5) is 11.6 Å². The summed E-state index contributed by atoms with van der Waals surface area (Å²) in [7, 11) is 5.32. The van der Waals surface area contributed by atoms with Gasteiger partial charge in [0.2, 0.25) is 0 Å². The Hall–Kier alpha value is -3.35. The largest absolute Gasteiger partial charge is 0.493 e. The highest BCUT2D eigenvalue weighted by atomic mass is 16.5. The molecular weight excluding hydrogens is 366 g/mol. The molecule has 0 fully saturated rings. The van der Waals surface area contributed by atoms with Crippen molar-refractivity contribution in [3.05, 3.63) is 66.2 Å². The molecule has 0 atom stereocenters. The first kappa shape index (κ1) is 20.4. The number of aromatic nitrogens is 3. The smallest absolute Gasteiger partial charge is 0.160 e. The van der Waals surface area contributed by atoms with Crippen LogP contribution in [0.5, 0.6) is 11.5 Å². The Kier molecular flexibility index (Phi) is 7.22. The lowest BCUT2D eigenvalue weighted by molar-refractivity contribution is 0.354. The fourth-order valence-electron chi connectivity index (χ4n) is 2.98. The van der Waals surface area contributed by atoms with Gasteiger partial charge in [0.05, 0.1) is 14.2 Å². The van der Waals surface area contributed by atoms with Crippen molar-refractivity contribution in [3.63, 3.8) is 0 Å². The third kappa shape index (κ3) is 5.81. The molecule has 1 aromatic carbocycles. The molecule has 0 aliphatic heterocycles. The summed E-state index contributed by atoms with van der Waals surface area (Å²) in [4.78, 5) is 14.9. The molecule has 3 rings (SSSR count). The van der Waals surface area contributed by atoms with Crippen molar-refractivity contribution in [2.45, 2.75) is 12.8 Å². The monoisotopic (exact) mass is 393 g/mol. The lowest BCUT2D eigenvalue weighted by Crippen LogP contribution is -2.21. The van der Waals surface area contributed by atoms with Crippen LogP contribution in [0.15, 0.2) is 55.1 Å². The zero-order valence-electron chi connectivity index (χ0n) is 17.1. The quantitative estimate of drug-likeness (QED) is 0.567. The Morgan fingerprint density at radius 1 is 0.897 bits per heavy atom. The SMILES string of the molecule is COc1ccc(CCNc2cc(N(C)CCc3ccncc3)ncn2)cc1OC. The minimum Gasteiger partial charge on any atom is -0.493 e. The second-order valence-electron chi connectivity index (χ2n) is 6.65. The molecule has 0 saturated heterocycles. The number of pyridine rings is 1. The summed E-state index contributed by atoms with van der Waals surface area (Å²) in [6.45, 7) is 1.62. The van der Waals surface area contributed by atoms with Gasteiger partial charge >= 0.3 is 0 Å². The number of anilines is 2. The molecule has 0 bridgehead atoms. The van der Waals surface area contributed by atoms with Crippen molar-refractivity contribution >= 4 is 11.6 Å². The lowest BCUT2D eigenvalue weighted by Gasteiger charge is -2.18. The van der Waals surface area contributed by atoms with Gasteiger partial charge in [0.1, 0.15) is 18.0 Å². The summed E-state index contributed by atoms with van der Waals surface area (Å²) in [5, 5.41) is 3.37. The molecule has 2 heterocycles. The van der Waals surface area contributed by atoms with Crippen molar-refractivity contribution in [2.75, 3.05) is 44.6 Å². The van der Waals surface area contributed by atoms with Gasteiger partial charge in [-0.25, -0.2) is 9.97 Å². The van der Waals surface area contributed by atoms with E-state index in [9.17, 15) is 0 Å². The first-order valence-electron chi connectivity index (χ1n) is 9.56. The van der Waals surface area contributed by atoms with Gasteiger partial charge in [-0.3, -0.25) is 4.98 Å². The van der Waals surface area contributed by atoms with Gasteiger partial charge in [-0.2, -0.15) is 0 Å². The number of benzene rings is 1. The number of nitrogens with one attached hydrogen (secondary N) is 1. The Balaban J connectivity index is 1.53. The molecule has 0 saturated carbocycles. The van der Waals surface area contributed by atoms with Crippen molar-refractivity contribution in [3.8, 4) is 11.5 Å². The van der Waals surface area contributed by atoms with Crippen LogP contribution >= 0.6 is 0 Å². The second kappa shape index (κ2) is 10.3. The average molecular weight is 393 g/mol. The molecule has 0 unspecified atom stereocenters. The fraction of sp³-hybridized carbons (Fsp3) is 0.318. The van der Waals surface area contributed by atoms with E-state index in [2.05, 4.69) is 25.2 Å². The van der Waals surface area contributed by atoms with E-state index < -0.39 is 0 Å². The molecule has 152 valence electrons. The Bertz CT molecular complexity index is 905. The topological polar surface area (TPSA) is 72.4 Å². The number of rotatable bonds is 10. The summed E-state index contributed by atoms with van der Waals surface area (Å²) >= 11 is 0. The molecule has 0 aliphatic rings. The molecule has 7 heteroatoms. The number of likely N-dealkylation sites (N-methyl/N-ethyl adjacent to an activating group) is 1. The van der Waals surface area contributed by atoms with Gasteiger partial charge < -0.3 is 19.7 Å². The van der Waals surface area contributed by atoms with Gasteiger partial charge in [-0.1, -0.05) is 6.07 Å². The molecular formula is C22H27N5O2. The molecule has 2 aromatic heterocycles. The van der Waals surface area contributed by atoms with E-state index in [0.29, 0.717) is 0 Å². The van der Waals surface area contributed by atoms with Crippen LogP contribution in [0, 0.1) is 0 Å². The molecule has 0 aliphatic carbocycles. The molecule has 7 nitrogen and oxygen atoms in total. The van der Waals surface area contributed by atoms with E-state index >= 15 is 0 Å². The maximum Gasteiger partial charge on any atom is 0.160 e. The van der Waals surface area contributed by atoms with Crippen LogP contribution in [-0.4, -0.2) is 49.3 Å². The number of hydrogen-bond acceptors (Lipinski definition) is 7. The van der Waals surface area contributed by atoms with Crippen LogP contribution in [0.25, 0.3) is 0 Å². The second-order valence-corrected chi connectivity index (χ2v) is 6.65. The Morgan fingerprint density at radius 3 is 2.45 bits per heavy atom. The zero-order valence-corrected chi connectivity index (χ0v) is 17.1. The van der Waals surface area contributed by atoms with Crippen molar-refractivity contribution in [1.82, 2.24) is 15.0 Å². The summed E-state index contributed by atoms with van der Waals surface area (Å²) in [6, 6.07) is 12.0. The highest BCUT2D eigenvalue weighted by Gasteiger charge is 2.07. The Morgan fingerprint density at radius 2 is 1.69 bits per heavy atom. The highest BCUT2D eigenvalue weighted by Crippen LogP contribution is 2.27. The number of nitrogens with zero attached hydrogens (tertiary/aromatic N) is 4. The fourth-order valence-corrected chi connectivity index (χ4v) is 2.98. The first-order chi connectivity index (χ1) is 14.2. The van der Waals surface area contributed by atoms with Gasteiger partial charge in [-0.05, 0) is 48.2 Å². The highest BCUT2D eigenvalue weighted by molar-refractivity contribution is 5.48. The standard InChI is InChI=1S/C22H27N5O2/c1-27(13-9-17-6-10-23-11-7-17)22-15-21(25-16-26-22)24-12-8-18-4-5-19(28-2)20(14-18)29-3/h4-7,10-11,14-16H,8-9,12-13H2,1-3H3,(H,24,25,26). The Labute approximate surface area is 171 Å². The predicted octanol–water partition coefficient (Wildman–Crippen LogP) is 3.22.